The molecule has 0 bridgehead atoms. The standard InChI is InChI=1S/C18H31NO7S/c1-8-15(25-13(4)21)18(6,24-7)16(26-14(5)22)11(2)17(23)27-10-9-19-12(3)20/h11,15-16H,8-10H2,1-7H3,(H,19,20). The topological polar surface area (TPSA) is 108 Å². The first-order valence-corrected chi connectivity index (χ1v) is 9.78. The summed E-state index contributed by atoms with van der Waals surface area (Å²) in [5, 5.41) is 2.40. The van der Waals surface area contributed by atoms with Gasteiger partial charge in [0.1, 0.15) is 17.8 Å². The zero-order valence-electron chi connectivity index (χ0n) is 17.1. The second-order valence-electron chi connectivity index (χ2n) is 6.36. The predicted molar refractivity (Wildman–Crippen MR) is 102 cm³/mol. The van der Waals surface area contributed by atoms with Crippen LogP contribution in [0.15, 0.2) is 0 Å². The maximum Gasteiger partial charge on any atom is 0.303 e. The van der Waals surface area contributed by atoms with Crippen molar-refractivity contribution in [3.05, 3.63) is 0 Å². The van der Waals surface area contributed by atoms with Crippen molar-refractivity contribution >= 4 is 34.7 Å². The van der Waals surface area contributed by atoms with Gasteiger partial charge in [0.2, 0.25) is 5.91 Å². The van der Waals surface area contributed by atoms with Crippen LogP contribution in [0.25, 0.3) is 0 Å². The van der Waals surface area contributed by atoms with E-state index < -0.39 is 35.7 Å². The molecule has 0 aromatic carbocycles. The quantitative estimate of drug-likeness (QED) is 0.409. The Morgan fingerprint density at radius 3 is 2.04 bits per heavy atom. The summed E-state index contributed by atoms with van der Waals surface area (Å²) in [6, 6.07) is 0. The van der Waals surface area contributed by atoms with E-state index in [0.717, 1.165) is 11.8 Å². The van der Waals surface area contributed by atoms with Gasteiger partial charge >= 0.3 is 11.9 Å². The summed E-state index contributed by atoms with van der Waals surface area (Å²) in [6.45, 7) is 9.38. The fourth-order valence-corrected chi connectivity index (χ4v) is 3.56. The van der Waals surface area contributed by atoms with Crippen LogP contribution in [0, 0.1) is 5.92 Å². The van der Waals surface area contributed by atoms with Gasteiger partial charge < -0.3 is 19.5 Å². The van der Waals surface area contributed by atoms with E-state index in [1.165, 1.54) is 27.9 Å². The molecule has 0 radical (unpaired) electrons. The lowest BCUT2D eigenvalue weighted by Gasteiger charge is -2.42. The highest BCUT2D eigenvalue weighted by atomic mass is 32.2. The summed E-state index contributed by atoms with van der Waals surface area (Å²) < 4.78 is 16.4. The Morgan fingerprint density at radius 2 is 1.63 bits per heavy atom. The van der Waals surface area contributed by atoms with Crippen LogP contribution in [0.1, 0.15) is 48.0 Å². The SMILES string of the molecule is CCC(OC(C)=O)C(C)(OC)C(OC(C)=O)C(C)C(=O)SCCNC(C)=O. The Bertz CT molecular complexity index is 540. The average molecular weight is 406 g/mol. The van der Waals surface area contributed by atoms with Crippen molar-refractivity contribution in [2.75, 3.05) is 19.4 Å². The van der Waals surface area contributed by atoms with Gasteiger partial charge in [-0.3, -0.25) is 19.2 Å². The fourth-order valence-electron chi connectivity index (χ4n) is 2.76. The van der Waals surface area contributed by atoms with Crippen LogP contribution >= 0.6 is 11.8 Å². The molecule has 0 saturated carbocycles. The van der Waals surface area contributed by atoms with Crippen molar-refractivity contribution in [1.29, 1.82) is 0 Å². The van der Waals surface area contributed by atoms with Gasteiger partial charge in [-0.25, -0.2) is 0 Å². The number of methoxy groups -OCH3 is 1. The summed E-state index contributed by atoms with van der Waals surface area (Å²) in [6.07, 6.45) is -1.24. The maximum atomic E-state index is 12.6. The van der Waals surface area contributed by atoms with Crippen molar-refractivity contribution in [2.24, 2.45) is 5.92 Å². The number of carbonyl (C=O) groups is 4. The van der Waals surface area contributed by atoms with Crippen LogP contribution in [0.4, 0.5) is 0 Å². The zero-order chi connectivity index (χ0) is 21.2. The van der Waals surface area contributed by atoms with E-state index in [-0.39, 0.29) is 11.0 Å². The Balaban J connectivity index is 5.45. The molecule has 0 spiro atoms. The van der Waals surface area contributed by atoms with Crippen LogP contribution in [0.2, 0.25) is 0 Å². The molecule has 4 unspecified atom stereocenters. The molecule has 0 aromatic heterocycles. The number of carbonyl (C=O) groups excluding carboxylic acids is 4. The van der Waals surface area contributed by atoms with E-state index >= 15 is 0 Å². The smallest absolute Gasteiger partial charge is 0.303 e. The van der Waals surface area contributed by atoms with Crippen LogP contribution < -0.4 is 5.32 Å². The van der Waals surface area contributed by atoms with Gasteiger partial charge in [0.15, 0.2) is 5.12 Å². The summed E-state index contributed by atoms with van der Waals surface area (Å²) in [7, 11) is 1.42. The molecule has 0 aliphatic carbocycles. The number of esters is 2. The van der Waals surface area contributed by atoms with Gasteiger partial charge in [-0.1, -0.05) is 25.6 Å². The molecule has 9 heteroatoms. The maximum absolute atomic E-state index is 12.6. The highest BCUT2D eigenvalue weighted by Gasteiger charge is 2.49. The van der Waals surface area contributed by atoms with E-state index in [9.17, 15) is 19.2 Å². The van der Waals surface area contributed by atoms with Crippen molar-refractivity contribution in [3.63, 3.8) is 0 Å². The molecule has 1 amide bonds. The predicted octanol–water partition coefficient (Wildman–Crippen LogP) is 1.70. The van der Waals surface area contributed by atoms with Gasteiger partial charge in [-0.2, -0.15) is 0 Å². The van der Waals surface area contributed by atoms with Gasteiger partial charge in [-0.15, -0.1) is 0 Å². The van der Waals surface area contributed by atoms with Crippen LogP contribution in [0.5, 0.6) is 0 Å². The van der Waals surface area contributed by atoms with Crippen molar-refractivity contribution in [2.45, 2.75) is 65.8 Å². The molecule has 0 rings (SSSR count). The molecular formula is C18H31NO7S. The van der Waals surface area contributed by atoms with Crippen LogP contribution in [-0.4, -0.2) is 60.2 Å². The average Bonchev–Trinajstić information content (AvgIpc) is 2.59. The van der Waals surface area contributed by atoms with Gasteiger partial charge in [0.05, 0.1) is 5.92 Å². The molecule has 156 valence electrons. The first-order chi connectivity index (χ1) is 12.5. The number of rotatable bonds is 11. The molecule has 27 heavy (non-hydrogen) atoms. The van der Waals surface area contributed by atoms with Crippen LogP contribution in [-0.2, 0) is 33.4 Å². The summed E-state index contributed by atoms with van der Waals surface area (Å²) in [5.74, 6) is -1.56. The second-order valence-corrected chi connectivity index (χ2v) is 7.46. The third-order valence-corrected chi connectivity index (χ3v) is 5.23. The molecule has 4 atom stereocenters. The third kappa shape index (κ3) is 8.30. The molecule has 0 aliphatic heterocycles. The van der Waals surface area contributed by atoms with E-state index in [1.54, 1.807) is 13.8 Å². The van der Waals surface area contributed by atoms with Crippen molar-refractivity contribution in [1.82, 2.24) is 5.32 Å². The first-order valence-electron chi connectivity index (χ1n) is 8.80. The fraction of sp³-hybridized carbons (Fsp3) is 0.778. The Labute approximate surface area is 165 Å². The number of thioether (sulfide) groups is 1. The van der Waals surface area contributed by atoms with Crippen molar-refractivity contribution < 1.29 is 33.4 Å². The minimum absolute atomic E-state index is 0.173. The Morgan fingerprint density at radius 1 is 1.07 bits per heavy atom. The normalized spacial score (nSPS) is 16.4. The highest BCUT2D eigenvalue weighted by molar-refractivity contribution is 8.13. The van der Waals surface area contributed by atoms with Gasteiger partial charge in [-0.05, 0) is 13.3 Å². The summed E-state index contributed by atoms with van der Waals surface area (Å²) >= 11 is 1.03. The van der Waals surface area contributed by atoms with E-state index in [0.29, 0.717) is 18.7 Å². The number of ether oxygens (including phenoxy) is 3. The van der Waals surface area contributed by atoms with Crippen LogP contribution in [0.3, 0.4) is 0 Å². The number of hydrogen-bond donors (Lipinski definition) is 1. The molecule has 0 aromatic rings. The molecule has 0 fully saturated rings. The molecule has 0 heterocycles. The molecule has 0 saturated heterocycles. The van der Waals surface area contributed by atoms with Crippen molar-refractivity contribution in [3.8, 4) is 0 Å². The third-order valence-electron chi connectivity index (χ3n) is 4.16. The lowest BCUT2D eigenvalue weighted by Crippen LogP contribution is -2.57. The van der Waals surface area contributed by atoms with E-state index in [1.807, 2.05) is 6.92 Å². The number of nitrogens with one attached hydrogen (secondary N) is 1. The molecule has 0 aliphatic rings. The second kappa shape index (κ2) is 12.0. The molecule has 1 N–H and O–H groups in total. The lowest BCUT2D eigenvalue weighted by molar-refractivity contribution is -0.204. The largest absolute Gasteiger partial charge is 0.459 e. The van der Waals surface area contributed by atoms with Gasteiger partial charge in [0, 0.05) is 40.2 Å². The van der Waals surface area contributed by atoms with Gasteiger partial charge in [0.25, 0.3) is 0 Å². The molecular weight excluding hydrogens is 374 g/mol. The lowest BCUT2D eigenvalue weighted by atomic mass is 9.83. The first kappa shape index (κ1) is 25.4. The zero-order valence-corrected chi connectivity index (χ0v) is 17.9. The summed E-state index contributed by atoms with van der Waals surface area (Å²) in [5.41, 5.74) is -1.21. The van der Waals surface area contributed by atoms with E-state index in [4.69, 9.17) is 14.2 Å². The number of hydrogen-bond acceptors (Lipinski definition) is 8. The minimum atomic E-state index is -1.21. The Kier molecular flexibility index (Phi) is 11.3. The Hall–Kier alpha value is -1.61. The monoisotopic (exact) mass is 405 g/mol. The highest BCUT2D eigenvalue weighted by Crippen LogP contribution is 2.33. The van der Waals surface area contributed by atoms with E-state index in [2.05, 4.69) is 5.32 Å². The molecule has 8 nitrogen and oxygen atoms in total. The number of amides is 1. The minimum Gasteiger partial charge on any atom is -0.459 e. The summed E-state index contributed by atoms with van der Waals surface area (Å²) in [4.78, 5) is 46.6.